The molecule has 2 aromatic rings. The third-order valence-corrected chi connectivity index (χ3v) is 4.02. The summed E-state index contributed by atoms with van der Waals surface area (Å²) in [6.45, 7) is 6.31. The van der Waals surface area contributed by atoms with E-state index in [2.05, 4.69) is 39.1 Å². The molecule has 1 aromatic carbocycles. The number of nitrogens with one attached hydrogen (secondary N) is 1. The Labute approximate surface area is 130 Å². The van der Waals surface area contributed by atoms with Gasteiger partial charge in [-0.05, 0) is 26.0 Å². The number of H-pyrrole nitrogens is 1. The Balaban J connectivity index is 1.61. The summed E-state index contributed by atoms with van der Waals surface area (Å²) in [6.07, 6.45) is 0.266. The van der Waals surface area contributed by atoms with Crippen LogP contribution in [0, 0.1) is 6.92 Å². The zero-order chi connectivity index (χ0) is 15.5. The zero-order valence-corrected chi connectivity index (χ0v) is 13.0. The van der Waals surface area contributed by atoms with E-state index in [4.69, 9.17) is 0 Å². The second-order valence-electron chi connectivity index (χ2n) is 5.73. The molecule has 0 saturated carbocycles. The number of para-hydroxylation sites is 1. The smallest absolute Gasteiger partial charge is 0.230 e. The third kappa shape index (κ3) is 3.10. The van der Waals surface area contributed by atoms with Gasteiger partial charge in [0.2, 0.25) is 5.91 Å². The van der Waals surface area contributed by atoms with Crippen LogP contribution in [0.2, 0.25) is 0 Å². The molecule has 2 heterocycles. The highest BCUT2D eigenvalue weighted by molar-refractivity contribution is 5.78. The molecule has 0 aliphatic carbocycles. The highest BCUT2D eigenvalue weighted by Crippen LogP contribution is 2.20. The van der Waals surface area contributed by atoms with E-state index in [1.807, 2.05) is 30.0 Å². The first-order valence-corrected chi connectivity index (χ1v) is 7.61. The average molecular weight is 299 g/mol. The molecule has 3 rings (SSSR count). The van der Waals surface area contributed by atoms with Gasteiger partial charge in [0.15, 0.2) is 5.82 Å². The molecule has 1 N–H and O–H groups in total. The van der Waals surface area contributed by atoms with Crippen molar-refractivity contribution < 1.29 is 4.79 Å². The van der Waals surface area contributed by atoms with Crippen LogP contribution in [0.15, 0.2) is 30.3 Å². The van der Waals surface area contributed by atoms with Crippen molar-refractivity contribution in [3.8, 4) is 0 Å². The van der Waals surface area contributed by atoms with E-state index in [0.717, 1.165) is 25.5 Å². The van der Waals surface area contributed by atoms with E-state index in [9.17, 15) is 4.79 Å². The molecule has 0 spiro atoms. The van der Waals surface area contributed by atoms with Gasteiger partial charge in [-0.2, -0.15) is 5.10 Å². The topological polar surface area (TPSA) is 65.1 Å². The Morgan fingerprint density at radius 2 is 2.09 bits per heavy atom. The Morgan fingerprint density at radius 1 is 1.32 bits per heavy atom. The number of aromatic nitrogens is 3. The lowest BCUT2D eigenvalue weighted by molar-refractivity contribution is -0.131. The van der Waals surface area contributed by atoms with Crippen LogP contribution in [0.25, 0.3) is 0 Å². The molecule has 0 radical (unpaired) electrons. The number of carbonyl (C=O) groups excluding carboxylic acids is 1. The van der Waals surface area contributed by atoms with E-state index >= 15 is 0 Å². The van der Waals surface area contributed by atoms with Crippen LogP contribution in [-0.4, -0.2) is 51.7 Å². The number of rotatable bonds is 3. The van der Waals surface area contributed by atoms with E-state index in [1.165, 1.54) is 5.69 Å². The normalized spacial score (nSPS) is 18.5. The van der Waals surface area contributed by atoms with Gasteiger partial charge in [-0.15, -0.1) is 0 Å². The summed E-state index contributed by atoms with van der Waals surface area (Å²) in [4.78, 5) is 20.8. The van der Waals surface area contributed by atoms with Crippen molar-refractivity contribution in [1.82, 2.24) is 20.1 Å². The van der Waals surface area contributed by atoms with Gasteiger partial charge in [0, 0.05) is 31.4 Å². The maximum Gasteiger partial charge on any atom is 0.230 e. The number of benzene rings is 1. The van der Waals surface area contributed by atoms with Gasteiger partial charge in [-0.25, -0.2) is 4.98 Å². The van der Waals surface area contributed by atoms with Gasteiger partial charge in [0.05, 0.1) is 6.42 Å². The van der Waals surface area contributed by atoms with Crippen LogP contribution in [-0.2, 0) is 11.2 Å². The molecule has 116 valence electrons. The Morgan fingerprint density at radius 3 is 2.73 bits per heavy atom. The average Bonchev–Trinajstić information content (AvgIpc) is 2.93. The molecule has 1 amide bonds. The van der Waals surface area contributed by atoms with Crippen molar-refractivity contribution in [2.75, 3.05) is 24.5 Å². The number of carbonyl (C=O) groups is 1. The molecule has 1 aliphatic heterocycles. The minimum atomic E-state index is 0.0959. The van der Waals surface area contributed by atoms with Gasteiger partial charge in [0.25, 0.3) is 0 Å². The molecule has 0 bridgehead atoms. The molecule has 1 fully saturated rings. The number of aryl methyl sites for hydroxylation is 1. The summed E-state index contributed by atoms with van der Waals surface area (Å²) in [6, 6.07) is 10.6. The van der Waals surface area contributed by atoms with Crippen molar-refractivity contribution in [2.24, 2.45) is 0 Å². The van der Waals surface area contributed by atoms with Crippen LogP contribution in [0.1, 0.15) is 18.6 Å². The molecule has 1 unspecified atom stereocenters. The summed E-state index contributed by atoms with van der Waals surface area (Å²) in [7, 11) is 0. The molecular weight excluding hydrogens is 278 g/mol. The van der Waals surface area contributed by atoms with Crippen molar-refractivity contribution in [3.05, 3.63) is 42.0 Å². The fourth-order valence-electron chi connectivity index (χ4n) is 2.90. The van der Waals surface area contributed by atoms with Crippen LogP contribution >= 0.6 is 0 Å². The van der Waals surface area contributed by atoms with Crippen LogP contribution in [0.3, 0.4) is 0 Å². The number of nitrogens with zero attached hydrogens (tertiary/aromatic N) is 4. The van der Waals surface area contributed by atoms with Gasteiger partial charge < -0.3 is 9.80 Å². The van der Waals surface area contributed by atoms with Gasteiger partial charge in [-0.3, -0.25) is 9.89 Å². The molecule has 1 atom stereocenters. The minimum Gasteiger partial charge on any atom is -0.365 e. The summed E-state index contributed by atoms with van der Waals surface area (Å²) in [5.41, 5.74) is 1.21. The van der Waals surface area contributed by atoms with Gasteiger partial charge in [-0.1, -0.05) is 18.2 Å². The van der Waals surface area contributed by atoms with Gasteiger partial charge in [0.1, 0.15) is 5.82 Å². The van der Waals surface area contributed by atoms with Crippen LogP contribution < -0.4 is 4.90 Å². The number of hydrogen-bond acceptors (Lipinski definition) is 4. The zero-order valence-electron chi connectivity index (χ0n) is 13.0. The molecule has 6 heteroatoms. The number of piperazine rings is 1. The highest BCUT2D eigenvalue weighted by atomic mass is 16.2. The van der Waals surface area contributed by atoms with Gasteiger partial charge >= 0.3 is 0 Å². The first-order valence-electron chi connectivity index (χ1n) is 7.61. The minimum absolute atomic E-state index is 0.0959. The predicted octanol–water partition coefficient (Wildman–Crippen LogP) is 1.39. The lowest BCUT2D eigenvalue weighted by Crippen LogP contribution is -2.54. The second kappa shape index (κ2) is 6.17. The maximum absolute atomic E-state index is 12.4. The van der Waals surface area contributed by atoms with Crippen LogP contribution in [0.5, 0.6) is 0 Å². The standard InChI is InChI=1S/C16H21N5O/c1-12-11-20(16(22)10-15-17-13(2)18-19-15)8-9-21(12)14-6-4-3-5-7-14/h3-7,12H,8-11H2,1-2H3,(H,17,18,19). The largest absolute Gasteiger partial charge is 0.365 e. The molecule has 1 saturated heterocycles. The monoisotopic (exact) mass is 299 g/mol. The van der Waals surface area contributed by atoms with Crippen molar-refractivity contribution in [3.63, 3.8) is 0 Å². The number of aromatic amines is 1. The quantitative estimate of drug-likeness (QED) is 0.930. The summed E-state index contributed by atoms with van der Waals surface area (Å²) < 4.78 is 0. The highest BCUT2D eigenvalue weighted by Gasteiger charge is 2.27. The van der Waals surface area contributed by atoms with Crippen molar-refractivity contribution in [1.29, 1.82) is 0 Å². The molecule has 1 aromatic heterocycles. The fourth-order valence-corrected chi connectivity index (χ4v) is 2.90. The molecule has 22 heavy (non-hydrogen) atoms. The number of amides is 1. The van der Waals surface area contributed by atoms with E-state index in [0.29, 0.717) is 11.9 Å². The number of hydrogen-bond donors (Lipinski definition) is 1. The Bertz CT molecular complexity index is 639. The maximum atomic E-state index is 12.4. The Kier molecular flexibility index (Phi) is 4.09. The molecule has 1 aliphatic rings. The number of anilines is 1. The van der Waals surface area contributed by atoms with E-state index in [1.54, 1.807) is 0 Å². The van der Waals surface area contributed by atoms with Crippen LogP contribution in [0.4, 0.5) is 5.69 Å². The SMILES string of the molecule is Cc1nc(CC(=O)N2CCN(c3ccccc3)C(C)C2)n[nH]1. The lowest BCUT2D eigenvalue weighted by Gasteiger charge is -2.41. The van der Waals surface area contributed by atoms with Crippen molar-refractivity contribution >= 4 is 11.6 Å². The molecule has 6 nitrogen and oxygen atoms in total. The third-order valence-electron chi connectivity index (χ3n) is 4.02. The first kappa shape index (κ1) is 14.6. The molecular formula is C16H21N5O. The van der Waals surface area contributed by atoms with Crippen molar-refractivity contribution in [2.45, 2.75) is 26.3 Å². The summed E-state index contributed by atoms with van der Waals surface area (Å²) in [5.74, 6) is 1.41. The fraction of sp³-hybridized carbons (Fsp3) is 0.438. The second-order valence-corrected chi connectivity index (χ2v) is 5.73. The van der Waals surface area contributed by atoms with E-state index in [-0.39, 0.29) is 12.3 Å². The summed E-state index contributed by atoms with van der Waals surface area (Å²) >= 11 is 0. The lowest BCUT2D eigenvalue weighted by atomic mass is 10.1. The first-order chi connectivity index (χ1) is 10.6. The predicted molar refractivity (Wildman–Crippen MR) is 84.7 cm³/mol. The summed E-state index contributed by atoms with van der Waals surface area (Å²) in [5, 5.41) is 6.81. The Hall–Kier alpha value is -2.37. The van der Waals surface area contributed by atoms with E-state index < -0.39 is 0 Å².